The molecule has 1 aliphatic heterocycles. The summed E-state index contributed by atoms with van der Waals surface area (Å²) in [4.78, 5) is 62.2. The zero-order valence-corrected chi connectivity index (χ0v) is 25.1. The highest BCUT2D eigenvalue weighted by Crippen LogP contribution is 2.25. The first-order valence-electron chi connectivity index (χ1n) is 13.9. The number of anilines is 1. The SMILES string of the molecule is CN1CCN(C(=O)c2cc(OCC(=O)NCCOCCOCC(N)=O)cc(C(=O)Nc3nc(-c4ccccn4)cs3)c2)CC1. The van der Waals surface area contributed by atoms with Crippen LogP contribution in [0.15, 0.2) is 48.0 Å². The van der Waals surface area contributed by atoms with E-state index in [-0.39, 0.29) is 62.4 Å². The van der Waals surface area contributed by atoms with E-state index in [1.165, 1.54) is 29.5 Å². The summed E-state index contributed by atoms with van der Waals surface area (Å²) >= 11 is 1.25. The van der Waals surface area contributed by atoms with Crippen molar-refractivity contribution in [2.75, 3.05) is 78.1 Å². The molecule has 0 atom stereocenters. The maximum atomic E-state index is 13.4. The largest absolute Gasteiger partial charge is 0.484 e. The van der Waals surface area contributed by atoms with E-state index in [0.717, 1.165) is 13.1 Å². The Morgan fingerprint density at radius 1 is 0.955 bits per heavy atom. The smallest absolute Gasteiger partial charge is 0.258 e. The molecule has 4 rings (SSSR count). The fourth-order valence-electron chi connectivity index (χ4n) is 4.12. The predicted octanol–water partition coefficient (Wildman–Crippen LogP) is 0.859. The summed E-state index contributed by atoms with van der Waals surface area (Å²) in [6, 6.07) is 10.0. The van der Waals surface area contributed by atoms with Gasteiger partial charge in [0.1, 0.15) is 18.1 Å². The molecule has 0 radical (unpaired) electrons. The molecule has 1 saturated heterocycles. The van der Waals surface area contributed by atoms with Gasteiger partial charge in [-0.15, -0.1) is 11.3 Å². The predicted molar refractivity (Wildman–Crippen MR) is 162 cm³/mol. The Labute approximate surface area is 258 Å². The Kier molecular flexibility index (Phi) is 12.1. The number of amides is 4. The van der Waals surface area contributed by atoms with Crippen LogP contribution in [0.3, 0.4) is 0 Å². The average molecular weight is 626 g/mol. The molecule has 0 saturated carbocycles. The molecule has 3 aromatic rings. The second-order valence-electron chi connectivity index (χ2n) is 9.82. The number of benzene rings is 1. The van der Waals surface area contributed by atoms with Crippen molar-refractivity contribution in [3.05, 3.63) is 59.1 Å². The number of nitrogens with zero attached hydrogens (tertiary/aromatic N) is 4. The fourth-order valence-corrected chi connectivity index (χ4v) is 4.82. The second kappa shape index (κ2) is 16.4. The highest BCUT2D eigenvalue weighted by molar-refractivity contribution is 7.14. The van der Waals surface area contributed by atoms with Crippen LogP contribution in [0.25, 0.3) is 11.4 Å². The highest BCUT2D eigenvalue weighted by Gasteiger charge is 2.23. The van der Waals surface area contributed by atoms with Crippen molar-refractivity contribution >= 4 is 40.1 Å². The van der Waals surface area contributed by atoms with Crippen LogP contribution < -0.4 is 21.1 Å². The van der Waals surface area contributed by atoms with Crippen LogP contribution in [0, 0.1) is 0 Å². The first-order valence-corrected chi connectivity index (χ1v) is 14.8. The average Bonchev–Trinajstić information content (AvgIpc) is 3.50. The second-order valence-corrected chi connectivity index (χ2v) is 10.7. The molecule has 14 nitrogen and oxygen atoms in total. The molecule has 4 N–H and O–H groups in total. The topological polar surface area (TPSA) is 178 Å². The van der Waals surface area contributed by atoms with Gasteiger partial charge in [-0.05, 0) is 37.4 Å². The van der Waals surface area contributed by atoms with Crippen LogP contribution in [0.1, 0.15) is 20.7 Å². The lowest BCUT2D eigenvalue weighted by Gasteiger charge is -2.32. The number of likely N-dealkylation sites (N-methyl/N-ethyl adjacent to an activating group) is 1. The molecular formula is C29H35N7O7S. The number of nitrogens with one attached hydrogen (secondary N) is 2. The van der Waals surface area contributed by atoms with E-state index in [9.17, 15) is 19.2 Å². The molecule has 44 heavy (non-hydrogen) atoms. The van der Waals surface area contributed by atoms with Gasteiger partial charge in [0.15, 0.2) is 11.7 Å². The number of aromatic nitrogens is 2. The van der Waals surface area contributed by atoms with Gasteiger partial charge in [0.05, 0.1) is 25.5 Å². The van der Waals surface area contributed by atoms with Crippen molar-refractivity contribution in [2.45, 2.75) is 0 Å². The summed E-state index contributed by atoms with van der Waals surface area (Å²) in [5.41, 5.74) is 6.75. The first-order chi connectivity index (χ1) is 21.3. The van der Waals surface area contributed by atoms with Gasteiger partial charge in [-0.1, -0.05) is 6.07 Å². The normalized spacial score (nSPS) is 13.3. The Balaban J connectivity index is 1.37. The highest BCUT2D eigenvalue weighted by atomic mass is 32.1. The van der Waals surface area contributed by atoms with Crippen molar-refractivity contribution in [3.8, 4) is 17.1 Å². The van der Waals surface area contributed by atoms with Crippen molar-refractivity contribution in [1.82, 2.24) is 25.1 Å². The van der Waals surface area contributed by atoms with E-state index >= 15 is 0 Å². The minimum atomic E-state index is -0.561. The first kappa shape index (κ1) is 32.5. The lowest BCUT2D eigenvalue weighted by Crippen LogP contribution is -2.47. The number of carbonyl (C=O) groups is 4. The Bertz CT molecular complexity index is 1430. The minimum Gasteiger partial charge on any atom is -0.484 e. The number of pyridine rings is 1. The Morgan fingerprint density at radius 3 is 2.48 bits per heavy atom. The molecule has 1 aliphatic rings. The van der Waals surface area contributed by atoms with Gasteiger partial charge in [-0.25, -0.2) is 4.98 Å². The molecule has 3 heterocycles. The van der Waals surface area contributed by atoms with Crippen LogP contribution >= 0.6 is 11.3 Å². The van der Waals surface area contributed by atoms with Gasteiger partial charge in [0.25, 0.3) is 17.7 Å². The molecule has 234 valence electrons. The van der Waals surface area contributed by atoms with E-state index < -0.39 is 17.7 Å². The van der Waals surface area contributed by atoms with Gasteiger partial charge < -0.3 is 35.1 Å². The van der Waals surface area contributed by atoms with Crippen molar-refractivity contribution < 1.29 is 33.4 Å². The molecule has 0 aliphatic carbocycles. The van der Waals surface area contributed by atoms with Gasteiger partial charge in [-0.3, -0.25) is 29.5 Å². The van der Waals surface area contributed by atoms with Crippen LogP contribution in [0.2, 0.25) is 0 Å². The van der Waals surface area contributed by atoms with Crippen molar-refractivity contribution in [3.63, 3.8) is 0 Å². The van der Waals surface area contributed by atoms with Crippen molar-refractivity contribution in [1.29, 1.82) is 0 Å². The molecule has 0 spiro atoms. The standard InChI is InChI=1S/C29H35N7O7S/c1-35-7-9-36(10-8-35)28(40)21-14-20(27(39)34-29-33-24(19-44-29)23-4-2-3-5-31-23)15-22(16-21)43-18-26(38)32-6-11-41-12-13-42-17-25(30)37/h2-5,14-16,19H,6-13,17-18H2,1H3,(H2,30,37)(H,32,38)(H,33,34,39). The molecule has 1 fully saturated rings. The van der Waals surface area contributed by atoms with Crippen LogP contribution in [0.5, 0.6) is 5.75 Å². The third-order valence-electron chi connectivity index (χ3n) is 6.41. The van der Waals surface area contributed by atoms with E-state index in [1.807, 2.05) is 19.2 Å². The summed E-state index contributed by atoms with van der Waals surface area (Å²) in [6.07, 6.45) is 1.66. The molecular weight excluding hydrogens is 590 g/mol. The number of primary amides is 1. The van der Waals surface area contributed by atoms with Gasteiger partial charge >= 0.3 is 0 Å². The number of nitrogens with two attached hydrogens (primary N) is 1. The van der Waals surface area contributed by atoms with Gasteiger partial charge in [0.2, 0.25) is 5.91 Å². The lowest BCUT2D eigenvalue weighted by atomic mass is 10.1. The van der Waals surface area contributed by atoms with E-state index in [1.54, 1.807) is 22.5 Å². The maximum Gasteiger partial charge on any atom is 0.258 e. The number of piperazine rings is 1. The molecule has 0 bridgehead atoms. The number of hydrogen-bond donors (Lipinski definition) is 3. The lowest BCUT2D eigenvalue weighted by molar-refractivity contribution is -0.124. The summed E-state index contributed by atoms with van der Waals surface area (Å²) in [5, 5.41) is 7.61. The van der Waals surface area contributed by atoms with Gasteiger partial charge in [0, 0.05) is 55.4 Å². The zero-order chi connectivity index (χ0) is 31.3. The third-order valence-corrected chi connectivity index (χ3v) is 7.17. The molecule has 15 heteroatoms. The number of thiazole rings is 1. The van der Waals surface area contributed by atoms with E-state index in [0.29, 0.717) is 29.6 Å². The number of rotatable bonds is 15. The number of carbonyl (C=O) groups excluding carboxylic acids is 4. The summed E-state index contributed by atoms with van der Waals surface area (Å²) < 4.78 is 16.0. The molecule has 1 aromatic carbocycles. The van der Waals surface area contributed by atoms with Crippen LogP contribution in [0.4, 0.5) is 5.13 Å². The quantitative estimate of drug-likeness (QED) is 0.205. The van der Waals surface area contributed by atoms with E-state index in [4.69, 9.17) is 19.9 Å². The maximum absolute atomic E-state index is 13.4. The Hall–Kier alpha value is -4.44. The molecule has 4 amide bonds. The number of ether oxygens (including phenoxy) is 3. The minimum absolute atomic E-state index is 0.180. The van der Waals surface area contributed by atoms with E-state index in [2.05, 4.69) is 25.5 Å². The fraction of sp³-hybridized carbons (Fsp3) is 0.379. The van der Waals surface area contributed by atoms with Crippen LogP contribution in [-0.2, 0) is 19.1 Å². The Morgan fingerprint density at radius 2 is 1.73 bits per heavy atom. The van der Waals surface area contributed by atoms with Crippen molar-refractivity contribution in [2.24, 2.45) is 5.73 Å². The summed E-state index contributed by atoms with van der Waals surface area (Å²) in [5.74, 6) is -1.49. The van der Waals surface area contributed by atoms with Crippen LogP contribution in [-0.4, -0.2) is 116 Å². The number of hydrogen-bond acceptors (Lipinski definition) is 11. The molecule has 2 aromatic heterocycles. The monoisotopic (exact) mass is 625 g/mol. The summed E-state index contributed by atoms with van der Waals surface area (Å²) in [6.45, 7) is 2.96. The third kappa shape index (κ3) is 10.1. The summed E-state index contributed by atoms with van der Waals surface area (Å²) in [7, 11) is 1.99. The van der Waals surface area contributed by atoms with Gasteiger partial charge in [-0.2, -0.15) is 0 Å². The molecule has 0 unspecified atom stereocenters. The zero-order valence-electron chi connectivity index (χ0n) is 24.3.